The quantitative estimate of drug-likeness (QED) is 0.472. The number of hydrogen-bond donors (Lipinski definition) is 2. The molecule has 4 rings (SSSR count). The number of aromatic nitrogens is 1. The number of esters is 1. The molecule has 0 saturated heterocycles. The van der Waals surface area contributed by atoms with Gasteiger partial charge in [0.2, 0.25) is 5.91 Å². The molecule has 1 aromatic heterocycles. The van der Waals surface area contributed by atoms with Crippen molar-refractivity contribution in [2.45, 2.75) is 45.1 Å². The van der Waals surface area contributed by atoms with E-state index < -0.39 is 23.9 Å². The van der Waals surface area contributed by atoms with Crippen molar-refractivity contribution in [2.24, 2.45) is 5.73 Å². The molecular formula is C25H25N3O4. The Bertz CT molecular complexity index is 1190. The third-order valence-electron chi connectivity index (χ3n) is 5.71. The summed E-state index contributed by atoms with van der Waals surface area (Å²) in [6.07, 6.45) is 3.72. The average Bonchev–Trinajstić information content (AvgIpc) is 3.02. The Morgan fingerprint density at radius 3 is 2.47 bits per heavy atom. The number of para-hydroxylation sites is 1. The topological polar surface area (TPSA) is 111 Å². The highest BCUT2D eigenvalue weighted by Gasteiger charge is 2.26. The fraction of sp³-hybridized carbons (Fsp3) is 0.280. The molecule has 0 saturated carbocycles. The monoisotopic (exact) mass is 431 g/mol. The molecule has 0 fully saturated rings. The van der Waals surface area contributed by atoms with Gasteiger partial charge in [0.1, 0.15) is 0 Å². The molecule has 0 bridgehead atoms. The average molecular weight is 431 g/mol. The molecule has 7 heteroatoms. The summed E-state index contributed by atoms with van der Waals surface area (Å²) in [6, 6.07) is 13.7. The molecule has 1 aliphatic rings. The molecule has 32 heavy (non-hydrogen) atoms. The predicted molar refractivity (Wildman–Crippen MR) is 121 cm³/mol. The number of nitrogens with one attached hydrogen (secondary N) is 1. The SMILES string of the molecule is C[C@H](OC(=O)c1c2c(nc3ccccc13)CCCCC2)C(=O)Nc1ccc(C(N)=O)cc1. The molecule has 1 heterocycles. The standard InChI is InChI=1S/C25H25N3O4/c1-15(24(30)27-17-13-11-16(12-14-17)23(26)29)32-25(31)22-18-7-3-2-4-9-20(18)28-21-10-6-5-8-19(21)22/h5-6,8,10-15H,2-4,7,9H2,1H3,(H2,26,29)(H,27,30)/t15-/m0/s1. The second kappa shape index (κ2) is 9.18. The van der Waals surface area contributed by atoms with E-state index in [-0.39, 0.29) is 0 Å². The highest BCUT2D eigenvalue weighted by molar-refractivity contribution is 6.06. The third-order valence-corrected chi connectivity index (χ3v) is 5.71. The van der Waals surface area contributed by atoms with E-state index >= 15 is 0 Å². The molecule has 7 nitrogen and oxygen atoms in total. The summed E-state index contributed by atoms with van der Waals surface area (Å²) in [7, 11) is 0. The number of carbonyl (C=O) groups excluding carboxylic acids is 3. The Morgan fingerprint density at radius 1 is 1.00 bits per heavy atom. The van der Waals surface area contributed by atoms with Crippen LogP contribution in [0.4, 0.5) is 5.69 Å². The molecule has 2 aromatic carbocycles. The summed E-state index contributed by atoms with van der Waals surface area (Å²) >= 11 is 0. The Labute approximate surface area is 186 Å². The van der Waals surface area contributed by atoms with Crippen molar-refractivity contribution in [3.05, 3.63) is 70.9 Å². The summed E-state index contributed by atoms with van der Waals surface area (Å²) in [4.78, 5) is 41.8. The van der Waals surface area contributed by atoms with E-state index in [0.29, 0.717) is 16.8 Å². The van der Waals surface area contributed by atoms with Crippen molar-refractivity contribution < 1.29 is 19.1 Å². The number of aryl methyl sites for hydroxylation is 1. The van der Waals surface area contributed by atoms with Crippen LogP contribution < -0.4 is 11.1 Å². The minimum atomic E-state index is -1.01. The molecule has 3 aromatic rings. The normalized spacial score (nSPS) is 14.2. The predicted octanol–water partition coefficient (Wildman–Crippen LogP) is 3.79. The van der Waals surface area contributed by atoms with Gasteiger partial charge in [-0.15, -0.1) is 0 Å². The maximum Gasteiger partial charge on any atom is 0.339 e. The second-order valence-corrected chi connectivity index (χ2v) is 7.97. The van der Waals surface area contributed by atoms with Gasteiger partial charge >= 0.3 is 5.97 Å². The zero-order valence-electron chi connectivity index (χ0n) is 17.9. The van der Waals surface area contributed by atoms with Crippen LogP contribution in [0.1, 0.15) is 58.2 Å². The van der Waals surface area contributed by atoms with Crippen LogP contribution in [-0.2, 0) is 22.4 Å². The lowest BCUT2D eigenvalue weighted by atomic mass is 9.97. The summed E-state index contributed by atoms with van der Waals surface area (Å²) in [5.41, 5.74) is 9.20. The second-order valence-electron chi connectivity index (χ2n) is 7.97. The van der Waals surface area contributed by atoms with Gasteiger partial charge in [0.15, 0.2) is 6.10 Å². The van der Waals surface area contributed by atoms with Crippen molar-refractivity contribution in [2.75, 3.05) is 5.32 Å². The Hall–Kier alpha value is -3.74. The number of pyridine rings is 1. The zero-order valence-corrected chi connectivity index (χ0v) is 17.9. The van der Waals surface area contributed by atoms with E-state index in [1.165, 1.54) is 19.1 Å². The van der Waals surface area contributed by atoms with Gasteiger partial charge in [0.05, 0.1) is 11.1 Å². The van der Waals surface area contributed by atoms with Crippen LogP contribution in [0, 0.1) is 0 Å². The van der Waals surface area contributed by atoms with E-state index in [2.05, 4.69) is 5.32 Å². The van der Waals surface area contributed by atoms with E-state index in [1.807, 2.05) is 24.3 Å². The van der Waals surface area contributed by atoms with Gasteiger partial charge < -0.3 is 15.8 Å². The lowest BCUT2D eigenvalue weighted by Crippen LogP contribution is -2.30. The largest absolute Gasteiger partial charge is 0.449 e. The van der Waals surface area contributed by atoms with Gasteiger partial charge in [-0.1, -0.05) is 24.6 Å². The lowest BCUT2D eigenvalue weighted by Gasteiger charge is -2.18. The molecule has 0 unspecified atom stereocenters. The third kappa shape index (κ3) is 4.46. The smallest absolute Gasteiger partial charge is 0.339 e. The van der Waals surface area contributed by atoms with Crippen LogP contribution in [0.25, 0.3) is 10.9 Å². The van der Waals surface area contributed by atoms with Crippen LogP contribution >= 0.6 is 0 Å². The Morgan fingerprint density at radius 2 is 1.72 bits per heavy atom. The molecule has 0 aliphatic heterocycles. The molecule has 1 aliphatic carbocycles. The summed E-state index contributed by atoms with van der Waals surface area (Å²) < 4.78 is 5.59. The molecule has 1 atom stereocenters. The summed E-state index contributed by atoms with van der Waals surface area (Å²) in [5.74, 6) is -1.53. The minimum Gasteiger partial charge on any atom is -0.449 e. The first-order chi connectivity index (χ1) is 15.4. The number of rotatable bonds is 5. The van der Waals surface area contributed by atoms with E-state index in [9.17, 15) is 14.4 Å². The van der Waals surface area contributed by atoms with Gasteiger partial charge in [0.25, 0.3) is 5.91 Å². The van der Waals surface area contributed by atoms with Crippen LogP contribution in [0.3, 0.4) is 0 Å². The van der Waals surface area contributed by atoms with Crippen LogP contribution in [0.5, 0.6) is 0 Å². The van der Waals surface area contributed by atoms with Crippen molar-refractivity contribution in [1.29, 1.82) is 0 Å². The van der Waals surface area contributed by atoms with Crippen LogP contribution in [0.15, 0.2) is 48.5 Å². The number of anilines is 1. The first-order valence-corrected chi connectivity index (χ1v) is 10.8. The van der Waals surface area contributed by atoms with Gasteiger partial charge in [0, 0.05) is 22.3 Å². The highest BCUT2D eigenvalue weighted by atomic mass is 16.5. The fourth-order valence-electron chi connectivity index (χ4n) is 4.02. The summed E-state index contributed by atoms with van der Waals surface area (Å²) in [5, 5.41) is 3.44. The van der Waals surface area contributed by atoms with Crippen molar-refractivity contribution in [3.63, 3.8) is 0 Å². The maximum atomic E-state index is 13.2. The van der Waals surface area contributed by atoms with Gasteiger partial charge in [-0.25, -0.2) is 4.79 Å². The van der Waals surface area contributed by atoms with E-state index in [0.717, 1.165) is 54.3 Å². The van der Waals surface area contributed by atoms with Crippen molar-refractivity contribution >= 4 is 34.4 Å². The number of carbonyl (C=O) groups is 3. The first kappa shape index (κ1) is 21.5. The number of benzene rings is 2. The number of nitrogens with two attached hydrogens (primary N) is 1. The van der Waals surface area contributed by atoms with Gasteiger partial charge in [-0.3, -0.25) is 14.6 Å². The maximum absolute atomic E-state index is 13.2. The van der Waals surface area contributed by atoms with Crippen LogP contribution in [-0.4, -0.2) is 28.9 Å². The van der Waals surface area contributed by atoms with Gasteiger partial charge in [-0.05, 0) is 68.5 Å². The number of fused-ring (bicyclic) bond motifs is 2. The fourth-order valence-corrected chi connectivity index (χ4v) is 4.02. The molecule has 3 N–H and O–H groups in total. The molecule has 0 radical (unpaired) electrons. The van der Waals surface area contributed by atoms with Gasteiger partial charge in [-0.2, -0.15) is 0 Å². The zero-order chi connectivity index (χ0) is 22.7. The molecule has 164 valence electrons. The molecule has 2 amide bonds. The minimum absolute atomic E-state index is 0.340. The number of amides is 2. The van der Waals surface area contributed by atoms with Crippen LogP contribution in [0.2, 0.25) is 0 Å². The van der Waals surface area contributed by atoms with E-state index in [4.69, 9.17) is 15.5 Å². The molecule has 0 spiro atoms. The molecular weight excluding hydrogens is 406 g/mol. The first-order valence-electron chi connectivity index (χ1n) is 10.8. The number of hydrogen-bond acceptors (Lipinski definition) is 5. The number of nitrogens with zero attached hydrogens (tertiary/aromatic N) is 1. The Kier molecular flexibility index (Phi) is 6.16. The Balaban J connectivity index is 1.56. The van der Waals surface area contributed by atoms with E-state index in [1.54, 1.807) is 12.1 Å². The van der Waals surface area contributed by atoms with Crippen molar-refractivity contribution in [3.8, 4) is 0 Å². The van der Waals surface area contributed by atoms with Crippen molar-refractivity contribution in [1.82, 2.24) is 4.98 Å². The number of ether oxygens (including phenoxy) is 1. The highest BCUT2D eigenvalue weighted by Crippen LogP contribution is 2.29. The lowest BCUT2D eigenvalue weighted by molar-refractivity contribution is -0.123. The summed E-state index contributed by atoms with van der Waals surface area (Å²) in [6.45, 7) is 1.53. The number of primary amides is 1.